The van der Waals surface area contributed by atoms with Crippen molar-refractivity contribution in [2.75, 3.05) is 5.75 Å². The quantitative estimate of drug-likeness (QED) is 0.771. The van der Waals surface area contributed by atoms with E-state index in [1.165, 1.54) is 11.8 Å². The average molecular weight is 262 g/mol. The first-order valence-electron chi connectivity index (χ1n) is 5.68. The molecule has 0 aliphatic carbocycles. The summed E-state index contributed by atoms with van der Waals surface area (Å²) in [6.45, 7) is 3.78. The number of hydrogen-bond acceptors (Lipinski definition) is 5. The molecule has 0 aliphatic heterocycles. The number of carbonyl (C=O) groups is 1. The van der Waals surface area contributed by atoms with E-state index in [4.69, 9.17) is 0 Å². The number of Topliss-reactive ketones (excluding diaryl/α,β-unsaturated/α-hetero) is 1. The molecule has 0 saturated carbocycles. The van der Waals surface area contributed by atoms with Gasteiger partial charge >= 0.3 is 0 Å². The molecule has 5 nitrogen and oxygen atoms in total. The summed E-state index contributed by atoms with van der Waals surface area (Å²) in [6, 6.07) is 9.62. The normalized spacial score (nSPS) is 10.8. The van der Waals surface area contributed by atoms with Crippen molar-refractivity contribution < 1.29 is 4.79 Å². The lowest BCUT2D eigenvalue weighted by Crippen LogP contribution is -2.10. The third kappa shape index (κ3) is 2.95. The Bertz CT molecular complexity index is 524. The van der Waals surface area contributed by atoms with Crippen molar-refractivity contribution in [3.05, 3.63) is 30.3 Å². The number of tetrazole rings is 1. The highest BCUT2D eigenvalue weighted by Crippen LogP contribution is 2.18. The molecule has 94 valence electrons. The standard InChI is InChI=1S/C12H14N4OS/c1-9(2)11(17)8-18-12-13-14-15-16(12)10-6-4-3-5-7-10/h3-7,9H,8H2,1-2H3. The Morgan fingerprint density at radius 1 is 1.33 bits per heavy atom. The molecule has 0 radical (unpaired) electrons. The minimum Gasteiger partial charge on any atom is -0.298 e. The molecular weight excluding hydrogens is 248 g/mol. The molecule has 0 amide bonds. The molecule has 6 heteroatoms. The fourth-order valence-electron chi connectivity index (χ4n) is 1.30. The monoisotopic (exact) mass is 262 g/mol. The number of hydrogen-bond donors (Lipinski definition) is 0. The first kappa shape index (κ1) is 12.8. The Hall–Kier alpha value is -1.69. The van der Waals surface area contributed by atoms with Crippen LogP contribution in [0.3, 0.4) is 0 Å². The van der Waals surface area contributed by atoms with Crippen molar-refractivity contribution >= 4 is 17.5 Å². The smallest absolute Gasteiger partial charge is 0.214 e. The highest BCUT2D eigenvalue weighted by Gasteiger charge is 2.13. The number of rotatable bonds is 5. The molecule has 2 rings (SSSR count). The van der Waals surface area contributed by atoms with Crippen molar-refractivity contribution in [1.82, 2.24) is 20.2 Å². The van der Waals surface area contributed by atoms with Crippen molar-refractivity contribution in [3.8, 4) is 5.69 Å². The number of thioether (sulfide) groups is 1. The van der Waals surface area contributed by atoms with E-state index in [2.05, 4.69) is 15.5 Å². The highest BCUT2D eigenvalue weighted by molar-refractivity contribution is 7.99. The molecule has 0 unspecified atom stereocenters. The van der Waals surface area contributed by atoms with Gasteiger partial charge in [-0.1, -0.05) is 43.8 Å². The molecule has 1 aromatic carbocycles. The summed E-state index contributed by atoms with van der Waals surface area (Å²) in [4.78, 5) is 11.6. The molecule has 0 fully saturated rings. The van der Waals surface area contributed by atoms with Crippen LogP contribution < -0.4 is 0 Å². The molecule has 0 saturated heterocycles. The molecule has 18 heavy (non-hydrogen) atoms. The largest absolute Gasteiger partial charge is 0.298 e. The Balaban J connectivity index is 2.12. The number of carbonyl (C=O) groups excluding carboxylic acids is 1. The Labute approximate surface area is 110 Å². The molecule has 1 heterocycles. The van der Waals surface area contributed by atoms with Crippen molar-refractivity contribution in [3.63, 3.8) is 0 Å². The van der Waals surface area contributed by atoms with Gasteiger partial charge < -0.3 is 0 Å². The number of ketones is 1. The number of benzene rings is 1. The van der Waals surface area contributed by atoms with Gasteiger partial charge in [-0.25, -0.2) is 0 Å². The zero-order valence-electron chi connectivity index (χ0n) is 10.3. The zero-order chi connectivity index (χ0) is 13.0. The van der Waals surface area contributed by atoms with E-state index in [1.54, 1.807) is 4.68 Å². The molecule has 0 aliphatic rings. The van der Waals surface area contributed by atoms with E-state index in [0.29, 0.717) is 10.9 Å². The molecular formula is C12H14N4OS. The van der Waals surface area contributed by atoms with Crippen LogP contribution in [0.4, 0.5) is 0 Å². The lowest BCUT2D eigenvalue weighted by molar-refractivity contribution is -0.119. The van der Waals surface area contributed by atoms with Crippen LogP contribution in [0.25, 0.3) is 5.69 Å². The summed E-state index contributed by atoms with van der Waals surface area (Å²) in [7, 11) is 0. The van der Waals surface area contributed by atoms with E-state index in [-0.39, 0.29) is 11.7 Å². The van der Waals surface area contributed by atoms with Gasteiger partial charge in [0.25, 0.3) is 0 Å². The second-order valence-corrected chi connectivity index (χ2v) is 5.06. The van der Waals surface area contributed by atoms with Gasteiger partial charge in [0.15, 0.2) is 0 Å². The third-order valence-corrected chi connectivity index (χ3v) is 3.37. The minimum absolute atomic E-state index is 0.0403. The van der Waals surface area contributed by atoms with Crippen molar-refractivity contribution in [1.29, 1.82) is 0 Å². The van der Waals surface area contributed by atoms with Gasteiger partial charge in [-0.05, 0) is 22.6 Å². The fraction of sp³-hybridized carbons (Fsp3) is 0.333. The SMILES string of the molecule is CC(C)C(=O)CSc1nnnn1-c1ccccc1. The molecule has 1 aromatic heterocycles. The van der Waals surface area contributed by atoms with Crippen molar-refractivity contribution in [2.45, 2.75) is 19.0 Å². The minimum atomic E-state index is 0.0403. The van der Waals surface area contributed by atoms with E-state index in [0.717, 1.165) is 5.69 Å². The zero-order valence-corrected chi connectivity index (χ0v) is 11.1. The fourth-order valence-corrected chi connectivity index (χ4v) is 2.27. The van der Waals surface area contributed by atoms with Crippen LogP contribution in [0.15, 0.2) is 35.5 Å². The predicted octanol–water partition coefficient (Wildman–Crippen LogP) is 1.98. The third-order valence-electron chi connectivity index (χ3n) is 2.43. The molecule has 2 aromatic rings. The topological polar surface area (TPSA) is 60.7 Å². The summed E-state index contributed by atoms with van der Waals surface area (Å²) in [6.07, 6.45) is 0. The molecule has 0 atom stereocenters. The number of para-hydroxylation sites is 1. The van der Waals surface area contributed by atoms with Crippen LogP contribution in [-0.2, 0) is 4.79 Å². The lowest BCUT2D eigenvalue weighted by Gasteiger charge is -2.04. The van der Waals surface area contributed by atoms with Gasteiger partial charge in [0.05, 0.1) is 11.4 Å². The average Bonchev–Trinajstić information content (AvgIpc) is 2.85. The van der Waals surface area contributed by atoms with Crippen LogP contribution in [0.2, 0.25) is 0 Å². The van der Waals surface area contributed by atoms with E-state index in [9.17, 15) is 4.79 Å². The van der Waals surface area contributed by atoms with Crippen molar-refractivity contribution in [2.24, 2.45) is 5.92 Å². The summed E-state index contributed by atoms with van der Waals surface area (Å²) < 4.78 is 1.64. The van der Waals surface area contributed by atoms with Gasteiger partial charge in [-0.2, -0.15) is 4.68 Å². The van der Waals surface area contributed by atoms with Gasteiger partial charge in [-0.15, -0.1) is 5.10 Å². The van der Waals surface area contributed by atoms with E-state index < -0.39 is 0 Å². The number of nitrogens with zero attached hydrogens (tertiary/aromatic N) is 4. The van der Waals surface area contributed by atoms with Crippen LogP contribution >= 0.6 is 11.8 Å². The van der Waals surface area contributed by atoms with Gasteiger partial charge in [0.2, 0.25) is 5.16 Å². The maximum absolute atomic E-state index is 11.6. The summed E-state index contributed by atoms with van der Waals surface area (Å²) in [5.74, 6) is 0.631. The van der Waals surface area contributed by atoms with E-state index >= 15 is 0 Å². The van der Waals surface area contributed by atoms with Crippen LogP contribution in [-0.4, -0.2) is 31.7 Å². The molecule has 0 spiro atoms. The molecule has 0 N–H and O–H groups in total. The lowest BCUT2D eigenvalue weighted by atomic mass is 10.1. The summed E-state index contributed by atoms with van der Waals surface area (Å²) in [5.41, 5.74) is 0.891. The van der Waals surface area contributed by atoms with Crippen LogP contribution in [0.1, 0.15) is 13.8 Å². The Morgan fingerprint density at radius 2 is 2.06 bits per heavy atom. The first-order chi connectivity index (χ1) is 8.68. The Morgan fingerprint density at radius 3 is 2.72 bits per heavy atom. The van der Waals surface area contributed by atoms with Gasteiger partial charge in [0.1, 0.15) is 5.78 Å². The highest BCUT2D eigenvalue weighted by atomic mass is 32.2. The van der Waals surface area contributed by atoms with Gasteiger partial charge in [0, 0.05) is 5.92 Å². The van der Waals surface area contributed by atoms with Crippen LogP contribution in [0, 0.1) is 5.92 Å². The Kier molecular flexibility index (Phi) is 4.09. The summed E-state index contributed by atoms with van der Waals surface area (Å²) in [5, 5.41) is 12.2. The first-order valence-corrected chi connectivity index (χ1v) is 6.66. The summed E-state index contributed by atoms with van der Waals surface area (Å²) >= 11 is 1.36. The van der Waals surface area contributed by atoms with Crippen LogP contribution in [0.5, 0.6) is 0 Å². The van der Waals surface area contributed by atoms with E-state index in [1.807, 2.05) is 44.2 Å². The maximum atomic E-state index is 11.6. The van der Waals surface area contributed by atoms with Gasteiger partial charge in [-0.3, -0.25) is 4.79 Å². The maximum Gasteiger partial charge on any atom is 0.214 e. The molecule has 0 bridgehead atoms. The predicted molar refractivity (Wildman–Crippen MR) is 69.7 cm³/mol. The number of aromatic nitrogens is 4. The second kappa shape index (κ2) is 5.77. The second-order valence-electron chi connectivity index (χ2n) is 4.12.